The highest BCUT2D eigenvalue weighted by Gasteiger charge is 2.41. The summed E-state index contributed by atoms with van der Waals surface area (Å²) in [5.74, 6) is 0.741. The average molecular weight is 377 g/mol. The Morgan fingerprint density at radius 3 is 2.56 bits per heavy atom. The molecule has 0 radical (unpaired) electrons. The number of nitrogens with one attached hydrogen (secondary N) is 1. The van der Waals surface area contributed by atoms with Crippen LogP contribution < -0.4 is 5.32 Å². The van der Waals surface area contributed by atoms with Gasteiger partial charge in [0.2, 0.25) is 0 Å². The summed E-state index contributed by atoms with van der Waals surface area (Å²) in [5.41, 5.74) is 1.06. The molecule has 0 bridgehead atoms. The van der Waals surface area contributed by atoms with Crippen LogP contribution in [0.1, 0.15) is 24.5 Å². The molecule has 0 aliphatic carbocycles. The number of aryl methyl sites for hydroxylation is 1. The summed E-state index contributed by atoms with van der Waals surface area (Å²) in [6.45, 7) is 5.86. The van der Waals surface area contributed by atoms with Crippen molar-refractivity contribution in [2.45, 2.75) is 38.9 Å². The second-order valence-corrected chi connectivity index (χ2v) is 6.99. The van der Waals surface area contributed by atoms with Crippen molar-refractivity contribution in [2.75, 3.05) is 39.8 Å². The fraction of sp³-hybridized carbons (Fsp3) is 0.750. The Hall–Kier alpha value is -1.35. The van der Waals surface area contributed by atoms with Crippen molar-refractivity contribution in [3.8, 4) is 0 Å². The number of rotatable bonds is 5. The lowest BCUT2D eigenvalue weighted by atomic mass is 10.2. The molecule has 0 saturated carbocycles. The van der Waals surface area contributed by atoms with Gasteiger partial charge in [-0.1, -0.05) is 6.92 Å². The lowest BCUT2D eigenvalue weighted by molar-refractivity contribution is -0.181. The van der Waals surface area contributed by atoms with Gasteiger partial charge in [-0.25, -0.2) is 4.98 Å². The van der Waals surface area contributed by atoms with E-state index < -0.39 is 12.2 Å². The van der Waals surface area contributed by atoms with Crippen molar-refractivity contribution in [3.05, 3.63) is 16.1 Å². The molecule has 1 atom stereocenters. The summed E-state index contributed by atoms with van der Waals surface area (Å²) in [4.78, 5) is 12.3. The van der Waals surface area contributed by atoms with Gasteiger partial charge in [-0.05, 0) is 13.3 Å². The van der Waals surface area contributed by atoms with Crippen LogP contribution in [0.5, 0.6) is 0 Å². The minimum atomic E-state index is -4.17. The van der Waals surface area contributed by atoms with E-state index in [-0.39, 0.29) is 0 Å². The zero-order valence-corrected chi connectivity index (χ0v) is 15.8. The van der Waals surface area contributed by atoms with Gasteiger partial charge in [0, 0.05) is 51.6 Å². The molecule has 5 nitrogen and oxygen atoms in total. The maximum Gasteiger partial charge on any atom is 0.403 e. The Labute approximate surface area is 150 Å². The van der Waals surface area contributed by atoms with Crippen molar-refractivity contribution in [3.63, 3.8) is 0 Å². The summed E-state index contributed by atoms with van der Waals surface area (Å²) in [7, 11) is 1.70. The van der Waals surface area contributed by atoms with E-state index in [1.165, 1.54) is 11.8 Å². The highest BCUT2D eigenvalue weighted by atomic mass is 32.1. The molecule has 1 aliphatic rings. The molecule has 1 unspecified atom stereocenters. The second-order valence-electron chi connectivity index (χ2n) is 6.05. The largest absolute Gasteiger partial charge is 0.403 e. The van der Waals surface area contributed by atoms with Gasteiger partial charge in [0.15, 0.2) is 5.96 Å². The minimum Gasteiger partial charge on any atom is -0.356 e. The third-order valence-electron chi connectivity index (χ3n) is 4.41. The quantitative estimate of drug-likeness (QED) is 0.632. The van der Waals surface area contributed by atoms with Crippen molar-refractivity contribution >= 4 is 17.3 Å². The molecule has 0 amide bonds. The van der Waals surface area contributed by atoms with E-state index in [4.69, 9.17) is 0 Å². The SMILES string of the molecule is CCc1nc(CCNC(=NC)N2CCN(C(C)C(F)(F)F)CC2)cs1. The van der Waals surface area contributed by atoms with E-state index in [1.807, 2.05) is 4.90 Å². The number of aliphatic imine (C=N–C) groups is 1. The van der Waals surface area contributed by atoms with Crippen molar-refractivity contribution < 1.29 is 13.2 Å². The molecule has 1 aromatic rings. The first-order valence-corrected chi connectivity index (χ1v) is 9.42. The third-order valence-corrected chi connectivity index (χ3v) is 5.46. The number of piperazine rings is 1. The predicted octanol–water partition coefficient (Wildman–Crippen LogP) is 2.39. The first-order chi connectivity index (χ1) is 11.8. The van der Waals surface area contributed by atoms with Gasteiger partial charge < -0.3 is 10.2 Å². The van der Waals surface area contributed by atoms with Crippen LogP contribution in [0.25, 0.3) is 0 Å². The molecule has 1 N–H and O–H groups in total. The van der Waals surface area contributed by atoms with Crippen LogP contribution >= 0.6 is 11.3 Å². The van der Waals surface area contributed by atoms with E-state index >= 15 is 0 Å². The maximum absolute atomic E-state index is 12.8. The minimum absolute atomic E-state index is 0.382. The fourth-order valence-electron chi connectivity index (χ4n) is 2.79. The first kappa shape index (κ1) is 20.0. The van der Waals surface area contributed by atoms with Crippen LogP contribution in [-0.4, -0.2) is 72.7 Å². The number of guanidine groups is 1. The van der Waals surface area contributed by atoms with E-state index in [0.29, 0.717) is 32.7 Å². The van der Waals surface area contributed by atoms with Gasteiger partial charge in [-0.15, -0.1) is 11.3 Å². The molecule has 9 heteroatoms. The molecule has 1 fully saturated rings. The highest BCUT2D eigenvalue weighted by molar-refractivity contribution is 7.09. The monoisotopic (exact) mass is 377 g/mol. The third kappa shape index (κ3) is 5.57. The Bertz CT molecular complexity index is 564. The summed E-state index contributed by atoms with van der Waals surface area (Å²) in [6, 6.07) is -1.40. The molecule has 142 valence electrons. The molecule has 2 rings (SSSR count). The van der Waals surface area contributed by atoms with Crippen LogP contribution in [0.2, 0.25) is 0 Å². The van der Waals surface area contributed by atoms with Crippen molar-refractivity contribution in [1.82, 2.24) is 20.1 Å². The molecular weight excluding hydrogens is 351 g/mol. The molecule has 25 heavy (non-hydrogen) atoms. The van der Waals surface area contributed by atoms with Crippen LogP contribution in [0.3, 0.4) is 0 Å². The Kier molecular flexibility index (Phi) is 7.06. The van der Waals surface area contributed by atoms with E-state index in [1.54, 1.807) is 18.4 Å². The van der Waals surface area contributed by atoms with Crippen LogP contribution in [0, 0.1) is 0 Å². The number of alkyl halides is 3. The van der Waals surface area contributed by atoms with Gasteiger partial charge >= 0.3 is 6.18 Å². The molecule has 0 spiro atoms. The predicted molar refractivity (Wildman–Crippen MR) is 95.2 cm³/mol. The number of thiazole rings is 1. The number of aromatic nitrogens is 1. The molecular formula is C16H26F3N5S. The number of hydrogen-bond donors (Lipinski definition) is 1. The lowest BCUT2D eigenvalue weighted by Gasteiger charge is -2.39. The molecule has 0 aromatic carbocycles. The number of nitrogens with zero attached hydrogens (tertiary/aromatic N) is 4. The van der Waals surface area contributed by atoms with Crippen LogP contribution in [0.4, 0.5) is 13.2 Å². The summed E-state index contributed by atoms with van der Waals surface area (Å²) < 4.78 is 38.4. The highest BCUT2D eigenvalue weighted by Crippen LogP contribution is 2.25. The summed E-state index contributed by atoms with van der Waals surface area (Å²) >= 11 is 1.67. The standard InChI is InChI=1S/C16H26F3N5S/c1-4-14-22-13(11-25-14)5-6-21-15(20-3)24-9-7-23(8-10-24)12(2)16(17,18)19/h11-12H,4-10H2,1-3H3,(H,20,21). The van der Waals surface area contributed by atoms with Gasteiger partial charge in [-0.2, -0.15) is 13.2 Å². The Morgan fingerprint density at radius 2 is 2.04 bits per heavy atom. The zero-order valence-electron chi connectivity index (χ0n) is 14.9. The summed E-state index contributed by atoms with van der Waals surface area (Å²) in [6.07, 6.45) is -2.42. The average Bonchev–Trinajstić information content (AvgIpc) is 3.05. The molecule has 1 saturated heterocycles. The topological polar surface area (TPSA) is 43.8 Å². The lowest BCUT2D eigenvalue weighted by Crippen LogP contribution is -2.56. The molecule has 1 aromatic heterocycles. The Morgan fingerprint density at radius 1 is 1.36 bits per heavy atom. The number of hydrogen-bond acceptors (Lipinski definition) is 4. The van der Waals surface area contributed by atoms with Crippen molar-refractivity contribution in [2.24, 2.45) is 4.99 Å². The van der Waals surface area contributed by atoms with Gasteiger partial charge in [0.25, 0.3) is 0 Å². The second kappa shape index (κ2) is 8.84. The number of halogens is 3. The fourth-order valence-corrected chi connectivity index (χ4v) is 3.57. The van der Waals surface area contributed by atoms with E-state index in [0.717, 1.165) is 29.5 Å². The molecule has 1 aliphatic heterocycles. The Balaban J connectivity index is 1.78. The normalized spacial score (nSPS) is 18.5. The molecule has 2 heterocycles. The van der Waals surface area contributed by atoms with Gasteiger partial charge in [-0.3, -0.25) is 9.89 Å². The first-order valence-electron chi connectivity index (χ1n) is 8.54. The maximum atomic E-state index is 12.8. The van der Waals surface area contributed by atoms with E-state index in [2.05, 4.69) is 27.6 Å². The van der Waals surface area contributed by atoms with Gasteiger partial charge in [0.1, 0.15) is 6.04 Å². The zero-order chi connectivity index (χ0) is 18.4. The van der Waals surface area contributed by atoms with Crippen molar-refractivity contribution in [1.29, 1.82) is 0 Å². The van der Waals surface area contributed by atoms with E-state index in [9.17, 15) is 13.2 Å². The van der Waals surface area contributed by atoms with Crippen LogP contribution in [-0.2, 0) is 12.8 Å². The smallest absolute Gasteiger partial charge is 0.356 e. The van der Waals surface area contributed by atoms with Gasteiger partial charge in [0.05, 0.1) is 10.7 Å². The van der Waals surface area contributed by atoms with Crippen LogP contribution in [0.15, 0.2) is 10.4 Å². The summed E-state index contributed by atoms with van der Waals surface area (Å²) in [5, 5.41) is 6.49.